The summed E-state index contributed by atoms with van der Waals surface area (Å²) >= 11 is 3.20. The van der Waals surface area contributed by atoms with Crippen LogP contribution < -0.4 is 0 Å². The molecule has 0 aliphatic carbocycles. The van der Waals surface area contributed by atoms with Crippen molar-refractivity contribution in [2.24, 2.45) is 0 Å². The predicted molar refractivity (Wildman–Crippen MR) is 91.7 cm³/mol. The van der Waals surface area contributed by atoms with Gasteiger partial charge in [0.15, 0.2) is 0 Å². The molecule has 1 rings (SSSR count). The highest BCUT2D eigenvalue weighted by atomic mass is 79.9. The van der Waals surface area contributed by atoms with Gasteiger partial charge in [-0.05, 0) is 26.2 Å². The van der Waals surface area contributed by atoms with Gasteiger partial charge in [0.2, 0.25) is 4.32 Å². The number of unbranched alkanes of at least 4 members (excludes halogenated alkanes) is 5. The maximum Gasteiger partial charge on any atom is 0.334 e. The molecule has 1 aliphatic rings. The first-order valence-corrected chi connectivity index (χ1v) is 9.37. The van der Waals surface area contributed by atoms with Gasteiger partial charge in [-0.1, -0.05) is 41.6 Å². The Hall–Kier alpha value is -1.11. The van der Waals surface area contributed by atoms with E-state index >= 15 is 0 Å². The minimum absolute atomic E-state index is 0.155. The van der Waals surface area contributed by atoms with Crippen molar-refractivity contribution in [2.75, 3.05) is 13.7 Å². The molecule has 7 heteroatoms. The Kier molecular flexibility index (Phi) is 9.33. The van der Waals surface area contributed by atoms with Gasteiger partial charge in [0.25, 0.3) is 0 Å². The summed E-state index contributed by atoms with van der Waals surface area (Å²) in [5, 5.41) is 0. The van der Waals surface area contributed by atoms with Gasteiger partial charge in [-0.15, -0.1) is 0 Å². The third-order valence-electron chi connectivity index (χ3n) is 4.09. The molecule has 1 saturated heterocycles. The van der Waals surface area contributed by atoms with Crippen molar-refractivity contribution < 1.29 is 28.6 Å². The van der Waals surface area contributed by atoms with E-state index < -0.39 is 16.3 Å². The first-order valence-electron chi connectivity index (χ1n) is 8.58. The highest BCUT2D eigenvalue weighted by molar-refractivity contribution is 9.10. The van der Waals surface area contributed by atoms with E-state index in [-0.39, 0.29) is 18.7 Å². The van der Waals surface area contributed by atoms with Crippen LogP contribution in [0.1, 0.15) is 64.7 Å². The van der Waals surface area contributed by atoms with E-state index in [1.54, 1.807) is 6.92 Å². The topological polar surface area (TPSA) is 78.9 Å². The first-order chi connectivity index (χ1) is 11.4. The number of methoxy groups -OCH3 is 1. The summed E-state index contributed by atoms with van der Waals surface area (Å²) in [6.45, 7) is 1.94. The van der Waals surface area contributed by atoms with E-state index in [0.717, 1.165) is 44.9 Å². The summed E-state index contributed by atoms with van der Waals surface area (Å²) in [5.74, 6) is -1.27. The summed E-state index contributed by atoms with van der Waals surface area (Å²) in [4.78, 5) is 34.7. The van der Waals surface area contributed by atoms with Crippen LogP contribution in [0.4, 0.5) is 0 Å². The summed E-state index contributed by atoms with van der Waals surface area (Å²) in [5.41, 5.74) is 0. The van der Waals surface area contributed by atoms with Crippen LogP contribution in [0.25, 0.3) is 0 Å². The normalized spacial score (nSPS) is 23.0. The van der Waals surface area contributed by atoms with Gasteiger partial charge >= 0.3 is 17.9 Å². The van der Waals surface area contributed by atoms with E-state index in [1.165, 1.54) is 7.11 Å². The van der Waals surface area contributed by atoms with Gasteiger partial charge in [-0.2, -0.15) is 0 Å². The molecule has 1 heterocycles. The van der Waals surface area contributed by atoms with E-state index in [9.17, 15) is 14.4 Å². The lowest BCUT2D eigenvalue weighted by molar-refractivity contribution is -0.153. The number of hydrogen-bond donors (Lipinski definition) is 0. The average Bonchev–Trinajstić information content (AvgIpc) is 2.85. The highest BCUT2D eigenvalue weighted by Crippen LogP contribution is 2.37. The maximum absolute atomic E-state index is 11.9. The molecule has 138 valence electrons. The van der Waals surface area contributed by atoms with Crippen LogP contribution in [0.2, 0.25) is 0 Å². The largest absolute Gasteiger partial charge is 0.469 e. The van der Waals surface area contributed by atoms with Gasteiger partial charge in [-0.25, -0.2) is 9.59 Å². The zero-order valence-corrected chi connectivity index (χ0v) is 16.1. The van der Waals surface area contributed by atoms with Crippen molar-refractivity contribution in [3.05, 3.63) is 0 Å². The molecule has 24 heavy (non-hydrogen) atoms. The Morgan fingerprint density at radius 2 is 1.83 bits per heavy atom. The zero-order chi connectivity index (χ0) is 18.0. The molecule has 0 aromatic rings. The third-order valence-corrected chi connectivity index (χ3v) is 5.06. The monoisotopic (exact) mass is 406 g/mol. The fourth-order valence-electron chi connectivity index (χ4n) is 2.71. The minimum atomic E-state index is -1.33. The van der Waals surface area contributed by atoms with Gasteiger partial charge in [0.05, 0.1) is 13.7 Å². The Balaban J connectivity index is 2.13. The minimum Gasteiger partial charge on any atom is -0.469 e. The number of ether oxygens (including phenoxy) is 3. The number of carbonyl (C=O) groups excluding carboxylic acids is 3. The predicted octanol–water partition coefficient (Wildman–Crippen LogP) is 3.29. The van der Waals surface area contributed by atoms with Crippen LogP contribution in [0.15, 0.2) is 0 Å². The van der Waals surface area contributed by atoms with Gasteiger partial charge < -0.3 is 14.2 Å². The van der Waals surface area contributed by atoms with Crippen molar-refractivity contribution in [1.29, 1.82) is 0 Å². The molecule has 0 radical (unpaired) electrons. The third kappa shape index (κ3) is 6.42. The van der Waals surface area contributed by atoms with Crippen molar-refractivity contribution >= 4 is 33.8 Å². The molecule has 2 atom stereocenters. The van der Waals surface area contributed by atoms with E-state index in [4.69, 9.17) is 9.47 Å². The molecule has 1 aliphatic heterocycles. The van der Waals surface area contributed by atoms with Gasteiger partial charge in [0, 0.05) is 12.8 Å². The average molecular weight is 407 g/mol. The quantitative estimate of drug-likeness (QED) is 0.172. The highest BCUT2D eigenvalue weighted by Gasteiger charge is 2.54. The molecular weight excluding hydrogens is 380 g/mol. The maximum atomic E-state index is 11.9. The van der Waals surface area contributed by atoms with Crippen LogP contribution in [0.3, 0.4) is 0 Å². The van der Waals surface area contributed by atoms with E-state index in [1.807, 2.05) is 0 Å². The molecular formula is C17H27BrO6. The van der Waals surface area contributed by atoms with Crippen LogP contribution in [0.5, 0.6) is 0 Å². The number of carbonyl (C=O) groups is 3. The number of alkyl halides is 1. The number of halogens is 1. The molecule has 0 aromatic carbocycles. The Labute approximate surface area is 151 Å². The lowest BCUT2D eigenvalue weighted by Crippen LogP contribution is -2.38. The number of cyclic esters (lactones) is 1. The Morgan fingerprint density at radius 1 is 1.21 bits per heavy atom. The summed E-state index contributed by atoms with van der Waals surface area (Å²) in [7, 11) is 1.40. The van der Waals surface area contributed by atoms with Crippen molar-refractivity contribution in [3.8, 4) is 0 Å². The second kappa shape index (κ2) is 10.7. The standard InChI is InChI=1S/C17H27BrO6/c1-3-23-15(20)17(18)12-13(24-16(17)21)10-8-6-4-5-7-9-11-14(19)22-2/h13H,3-12H2,1-2H3. The molecule has 0 saturated carbocycles. The Bertz CT molecular complexity index is 439. The van der Waals surface area contributed by atoms with Gasteiger partial charge in [0.1, 0.15) is 6.10 Å². The first kappa shape index (κ1) is 20.9. The lowest BCUT2D eigenvalue weighted by atomic mass is 10.0. The molecule has 2 unspecified atom stereocenters. The van der Waals surface area contributed by atoms with Crippen LogP contribution in [-0.4, -0.2) is 42.1 Å². The lowest BCUT2D eigenvalue weighted by Gasteiger charge is -2.14. The molecule has 1 fully saturated rings. The molecule has 0 N–H and O–H groups in total. The van der Waals surface area contributed by atoms with E-state index in [0.29, 0.717) is 12.8 Å². The van der Waals surface area contributed by atoms with E-state index in [2.05, 4.69) is 20.7 Å². The molecule has 0 bridgehead atoms. The molecule has 0 spiro atoms. The second-order valence-corrected chi connectivity index (χ2v) is 7.34. The summed E-state index contributed by atoms with van der Waals surface area (Å²) < 4.78 is 13.5. The second-order valence-electron chi connectivity index (χ2n) is 5.99. The SMILES string of the molecule is CCOC(=O)C1(Br)CC(CCCCCCCCC(=O)OC)OC1=O. The fourth-order valence-corrected chi connectivity index (χ4v) is 3.28. The molecule has 0 aromatic heterocycles. The van der Waals surface area contributed by atoms with Crippen LogP contribution in [0, 0.1) is 0 Å². The number of hydrogen-bond acceptors (Lipinski definition) is 6. The van der Waals surface area contributed by atoms with Crippen LogP contribution in [-0.2, 0) is 28.6 Å². The Morgan fingerprint density at radius 3 is 2.46 bits per heavy atom. The van der Waals surface area contributed by atoms with Crippen molar-refractivity contribution in [1.82, 2.24) is 0 Å². The van der Waals surface area contributed by atoms with Crippen molar-refractivity contribution in [3.63, 3.8) is 0 Å². The molecule has 0 amide bonds. The molecule has 6 nitrogen and oxygen atoms in total. The summed E-state index contributed by atoms with van der Waals surface area (Å²) in [6, 6.07) is 0. The zero-order valence-electron chi connectivity index (χ0n) is 14.5. The van der Waals surface area contributed by atoms with Gasteiger partial charge in [-0.3, -0.25) is 4.79 Å². The fraction of sp³-hybridized carbons (Fsp3) is 0.824. The number of esters is 3. The number of rotatable bonds is 11. The van der Waals surface area contributed by atoms with Crippen LogP contribution >= 0.6 is 15.9 Å². The smallest absolute Gasteiger partial charge is 0.334 e. The summed E-state index contributed by atoms with van der Waals surface area (Å²) in [6.07, 6.45) is 7.34. The van der Waals surface area contributed by atoms with Crippen molar-refractivity contribution in [2.45, 2.75) is 75.1 Å².